The standard InChI is InChI=1S/C23H21N3O5/c1-30-20-11-14(7-9-18(20)27)13-24-26-22(15-8-10-19(28)21(12-15)31-2)25-17-6-4-3-5-16(17)23(26)29/h3-13,22,25,27-28H,1-2H3/b24-13-/t22-/m1/s1. The first-order valence-electron chi connectivity index (χ1n) is 9.49. The van der Waals surface area contributed by atoms with Gasteiger partial charge in [-0.2, -0.15) is 5.10 Å². The van der Waals surface area contributed by atoms with Gasteiger partial charge in [0.05, 0.1) is 26.0 Å². The van der Waals surface area contributed by atoms with Gasteiger partial charge in [-0.1, -0.05) is 18.2 Å². The zero-order valence-corrected chi connectivity index (χ0v) is 16.9. The molecule has 0 bridgehead atoms. The van der Waals surface area contributed by atoms with Crippen molar-refractivity contribution < 1.29 is 24.5 Å². The number of benzene rings is 3. The van der Waals surface area contributed by atoms with Gasteiger partial charge in [0, 0.05) is 11.3 Å². The fourth-order valence-electron chi connectivity index (χ4n) is 3.36. The fraction of sp³-hybridized carbons (Fsp3) is 0.130. The Kier molecular flexibility index (Phi) is 5.36. The second kappa shape index (κ2) is 8.27. The molecule has 3 aromatic rings. The second-order valence-corrected chi connectivity index (χ2v) is 6.85. The summed E-state index contributed by atoms with van der Waals surface area (Å²) in [5, 5.41) is 28.8. The Labute approximate surface area is 179 Å². The number of hydrogen-bond acceptors (Lipinski definition) is 7. The molecule has 158 valence electrons. The first kappa shape index (κ1) is 20.1. The summed E-state index contributed by atoms with van der Waals surface area (Å²) in [6.07, 6.45) is 0.882. The van der Waals surface area contributed by atoms with Crippen LogP contribution in [0, 0.1) is 0 Å². The molecule has 0 unspecified atom stereocenters. The molecule has 8 heteroatoms. The molecule has 1 atom stereocenters. The normalized spacial score (nSPS) is 15.5. The average Bonchev–Trinajstić information content (AvgIpc) is 2.79. The molecule has 8 nitrogen and oxygen atoms in total. The molecule has 1 amide bonds. The van der Waals surface area contributed by atoms with Gasteiger partial charge in [-0.25, -0.2) is 5.01 Å². The molecule has 0 saturated heterocycles. The summed E-state index contributed by atoms with van der Waals surface area (Å²) < 4.78 is 10.3. The lowest BCUT2D eigenvalue weighted by Gasteiger charge is -2.34. The van der Waals surface area contributed by atoms with Gasteiger partial charge in [-0.15, -0.1) is 0 Å². The summed E-state index contributed by atoms with van der Waals surface area (Å²) >= 11 is 0. The minimum atomic E-state index is -0.632. The molecular weight excluding hydrogens is 398 g/mol. The number of methoxy groups -OCH3 is 2. The number of carbonyl (C=O) groups excluding carboxylic acids is 1. The molecule has 3 N–H and O–H groups in total. The van der Waals surface area contributed by atoms with E-state index in [0.29, 0.717) is 28.1 Å². The maximum Gasteiger partial charge on any atom is 0.278 e. The predicted octanol–water partition coefficient (Wildman–Crippen LogP) is 3.72. The molecule has 0 aliphatic carbocycles. The summed E-state index contributed by atoms with van der Waals surface area (Å²) in [6.45, 7) is 0. The van der Waals surface area contributed by atoms with Crippen molar-refractivity contribution >= 4 is 17.8 Å². The van der Waals surface area contributed by atoms with Crippen LogP contribution in [0.2, 0.25) is 0 Å². The molecule has 0 aromatic heterocycles. The van der Waals surface area contributed by atoms with E-state index < -0.39 is 6.17 Å². The number of para-hydroxylation sites is 1. The van der Waals surface area contributed by atoms with Crippen molar-refractivity contribution in [2.24, 2.45) is 5.10 Å². The maximum absolute atomic E-state index is 13.2. The van der Waals surface area contributed by atoms with Crippen LogP contribution in [0.15, 0.2) is 65.8 Å². The van der Waals surface area contributed by atoms with Crippen LogP contribution in [-0.4, -0.2) is 41.6 Å². The van der Waals surface area contributed by atoms with Crippen molar-refractivity contribution in [3.63, 3.8) is 0 Å². The van der Waals surface area contributed by atoms with Crippen LogP contribution in [-0.2, 0) is 0 Å². The Bertz CT molecular complexity index is 1160. The molecule has 1 aliphatic heterocycles. The highest BCUT2D eigenvalue weighted by Crippen LogP contribution is 2.36. The molecule has 3 aromatic carbocycles. The minimum absolute atomic E-state index is 0.0000238. The first-order valence-corrected chi connectivity index (χ1v) is 9.49. The highest BCUT2D eigenvalue weighted by Gasteiger charge is 2.33. The number of aromatic hydroxyl groups is 2. The number of nitrogens with one attached hydrogen (secondary N) is 1. The van der Waals surface area contributed by atoms with Gasteiger partial charge in [0.2, 0.25) is 0 Å². The van der Waals surface area contributed by atoms with E-state index in [0.717, 1.165) is 0 Å². The van der Waals surface area contributed by atoms with Crippen LogP contribution in [0.3, 0.4) is 0 Å². The number of anilines is 1. The molecule has 1 aliphatic rings. The Hall–Kier alpha value is -4.20. The van der Waals surface area contributed by atoms with Crippen molar-refractivity contribution in [1.82, 2.24) is 5.01 Å². The number of nitrogens with zero attached hydrogens (tertiary/aromatic N) is 2. The number of fused-ring (bicyclic) bond motifs is 1. The van der Waals surface area contributed by atoms with Crippen LogP contribution in [0.25, 0.3) is 0 Å². The molecule has 4 rings (SSSR count). The van der Waals surface area contributed by atoms with Crippen LogP contribution >= 0.6 is 0 Å². The Morgan fingerprint density at radius 3 is 2.39 bits per heavy atom. The van der Waals surface area contributed by atoms with E-state index >= 15 is 0 Å². The van der Waals surface area contributed by atoms with Gasteiger partial charge in [0.25, 0.3) is 5.91 Å². The first-order chi connectivity index (χ1) is 15.0. The second-order valence-electron chi connectivity index (χ2n) is 6.85. The summed E-state index contributed by atoms with van der Waals surface area (Å²) in [7, 11) is 2.92. The smallest absolute Gasteiger partial charge is 0.278 e. The third-order valence-electron chi connectivity index (χ3n) is 4.96. The largest absolute Gasteiger partial charge is 0.504 e. The number of rotatable bonds is 5. The van der Waals surface area contributed by atoms with E-state index in [2.05, 4.69) is 10.4 Å². The molecule has 0 saturated carbocycles. The number of amides is 1. The Balaban J connectivity index is 1.75. The lowest BCUT2D eigenvalue weighted by Crippen LogP contribution is -2.39. The van der Waals surface area contributed by atoms with Crippen molar-refractivity contribution in [3.05, 3.63) is 77.4 Å². The van der Waals surface area contributed by atoms with Gasteiger partial charge < -0.3 is 25.0 Å². The topological polar surface area (TPSA) is 104 Å². The van der Waals surface area contributed by atoms with Crippen molar-refractivity contribution in [2.45, 2.75) is 6.17 Å². The molecular formula is C23H21N3O5. The minimum Gasteiger partial charge on any atom is -0.504 e. The van der Waals surface area contributed by atoms with Crippen LogP contribution in [0.1, 0.15) is 27.7 Å². The molecule has 31 heavy (non-hydrogen) atoms. The van der Waals surface area contributed by atoms with Crippen LogP contribution < -0.4 is 14.8 Å². The summed E-state index contributed by atoms with van der Waals surface area (Å²) in [5.41, 5.74) is 2.49. The Morgan fingerprint density at radius 2 is 1.65 bits per heavy atom. The predicted molar refractivity (Wildman–Crippen MR) is 116 cm³/mol. The Morgan fingerprint density at radius 1 is 0.968 bits per heavy atom. The van der Waals surface area contributed by atoms with Gasteiger partial charge >= 0.3 is 0 Å². The van der Waals surface area contributed by atoms with E-state index in [1.807, 2.05) is 12.1 Å². The lowest BCUT2D eigenvalue weighted by molar-refractivity contribution is 0.0691. The van der Waals surface area contributed by atoms with Gasteiger partial charge in [0.1, 0.15) is 0 Å². The van der Waals surface area contributed by atoms with Gasteiger partial charge in [0.15, 0.2) is 29.2 Å². The monoisotopic (exact) mass is 419 g/mol. The third-order valence-corrected chi connectivity index (χ3v) is 4.96. The number of hydrogen-bond donors (Lipinski definition) is 3. The van der Waals surface area contributed by atoms with Gasteiger partial charge in [-0.05, 0) is 48.0 Å². The zero-order chi connectivity index (χ0) is 22.0. The molecule has 1 heterocycles. The van der Waals surface area contributed by atoms with Crippen molar-refractivity contribution in [1.29, 1.82) is 0 Å². The number of phenolic OH excluding ortho intramolecular Hbond substituents is 2. The van der Waals surface area contributed by atoms with Crippen molar-refractivity contribution in [3.8, 4) is 23.0 Å². The fourth-order valence-corrected chi connectivity index (χ4v) is 3.36. The van der Waals surface area contributed by atoms with E-state index in [-0.39, 0.29) is 23.2 Å². The highest BCUT2D eigenvalue weighted by atomic mass is 16.5. The number of phenols is 2. The van der Waals surface area contributed by atoms with Crippen molar-refractivity contribution in [2.75, 3.05) is 19.5 Å². The summed E-state index contributed by atoms with van der Waals surface area (Å²) in [5.74, 6) is 0.321. The third kappa shape index (κ3) is 3.83. The quantitative estimate of drug-likeness (QED) is 0.545. The van der Waals surface area contributed by atoms with E-state index in [1.165, 1.54) is 37.6 Å². The zero-order valence-electron chi connectivity index (χ0n) is 16.9. The van der Waals surface area contributed by atoms with E-state index in [1.54, 1.807) is 36.4 Å². The SMILES string of the molecule is COc1cc(/C=N\N2C(=O)c3ccccc3N[C@H]2c2ccc(O)c(OC)c2)ccc1O. The van der Waals surface area contributed by atoms with E-state index in [4.69, 9.17) is 9.47 Å². The summed E-state index contributed by atoms with van der Waals surface area (Å²) in [6, 6.07) is 16.8. The number of hydrazone groups is 1. The molecule has 0 radical (unpaired) electrons. The maximum atomic E-state index is 13.2. The highest BCUT2D eigenvalue weighted by molar-refractivity contribution is 6.02. The van der Waals surface area contributed by atoms with Crippen LogP contribution in [0.5, 0.6) is 23.0 Å². The molecule has 0 spiro atoms. The average molecular weight is 419 g/mol. The number of carbonyl (C=O) groups is 1. The summed E-state index contributed by atoms with van der Waals surface area (Å²) in [4.78, 5) is 13.2. The number of ether oxygens (including phenoxy) is 2. The molecule has 0 fully saturated rings. The van der Waals surface area contributed by atoms with E-state index in [9.17, 15) is 15.0 Å². The van der Waals surface area contributed by atoms with Gasteiger partial charge in [-0.3, -0.25) is 4.79 Å². The lowest BCUT2D eigenvalue weighted by atomic mass is 10.0. The van der Waals surface area contributed by atoms with Crippen LogP contribution in [0.4, 0.5) is 5.69 Å².